The Morgan fingerprint density at radius 3 is 2.44 bits per heavy atom. The molecule has 1 aliphatic rings. The molecule has 3 amide bonds. The predicted octanol–water partition coefficient (Wildman–Crippen LogP) is 2.18. The molecule has 0 spiro atoms. The van der Waals surface area contributed by atoms with E-state index >= 15 is 0 Å². The molecule has 2 aromatic carbocycles. The summed E-state index contributed by atoms with van der Waals surface area (Å²) < 4.78 is 40.3. The summed E-state index contributed by atoms with van der Waals surface area (Å²) in [5.41, 5.74) is 5.07. The lowest BCUT2D eigenvalue weighted by molar-refractivity contribution is -0.113. The number of rotatable bonds is 4. The number of thioether (sulfide) groups is 1. The summed E-state index contributed by atoms with van der Waals surface area (Å²) >= 11 is 1.11. The van der Waals surface area contributed by atoms with Crippen LogP contribution in [0.15, 0.2) is 29.2 Å². The molecule has 0 aliphatic carbocycles. The van der Waals surface area contributed by atoms with Crippen LogP contribution in [-0.4, -0.2) is 23.5 Å². The van der Waals surface area contributed by atoms with Crippen LogP contribution in [0.25, 0.3) is 0 Å². The molecule has 4 N–H and O–H groups in total. The van der Waals surface area contributed by atoms with Crippen LogP contribution in [0.4, 0.5) is 18.9 Å². The van der Waals surface area contributed by atoms with Gasteiger partial charge in [-0.05, 0) is 12.1 Å². The van der Waals surface area contributed by atoms with Gasteiger partial charge in [0.25, 0.3) is 5.91 Å². The summed E-state index contributed by atoms with van der Waals surface area (Å²) in [6, 6.07) is 3.57. The molecule has 1 aliphatic heterocycles. The number of halogens is 3. The van der Waals surface area contributed by atoms with Gasteiger partial charge >= 0.3 is 0 Å². The van der Waals surface area contributed by atoms with Crippen LogP contribution < -0.4 is 16.4 Å². The van der Waals surface area contributed by atoms with E-state index in [1.807, 2.05) is 0 Å². The fourth-order valence-electron chi connectivity index (χ4n) is 2.53. The molecular formula is C17H12F3N3O3S. The van der Waals surface area contributed by atoms with Gasteiger partial charge in [0.15, 0.2) is 0 Å². The lowest BCUT2D eigenvalue weighted by Crippen LogP contribution is -2.27. The van der Waals surface area contributed by atoms with Gasteiger partial charge in [0, 0.05) is 34.7 Å². The Hall–Kier alpha value is -3.01. The van der Waals surface area contributed by atoms with Crippen LogP contribution >= 0.6 is 11.8 Å². The Labute approximate surface area is 155 Å². The number of nitrogens with two attached hydrogens (primary N) is 1. The minimum atomic E-state index is -1.14. The zero-order chi connectivity index (χ0) is 19.7. The average molecular weight is 395 g/mol. The topological polar surface area (TPSA) is 101 Å². The number of carbonyl (C=O) groups is 3. The van der Waals surface area contributed by atoms with Gasteiger partial charge in [-0.25, -0.2) is 13.2 Å². The highest BCUT2D eigenvalue weighted by atomic mass is 32.2. The first-order valence-corrected chi connectivity index (χ1v) is 8.57. The van der Waals surface area contributed by atoms with Gasteiger partial charge in [-0.1, -0.05) is 0 Å². The van der Waals surface area contributed by atoms with Crippen molar-refractivity contribution in [3.63, 3.8) is 0 Å². The summed E-state index contributed by atoms with van der Waals surface area (Å²) in [4.78, 5) is 36.0. The van der Waals surface area contributed by atoms with Gasteiger partial charge in [0.05, 0.1) is 17.0 Å². The van der Waals surface area contributed by atoms with Gasteiger partial charge in [-0.2, -0.15) is 0 Å². The summed E-state index contributed by atoms with van der Waals surface area (Å²) in [6.45, 7) is -0.541. The summed E-state index contributed by atoms with van der Waals surface area (Å²) in [5.74, 6) is -5.11. The van der Waals surface area contributed by atoms with Crippen LogP contribution in [-0.2, 0) is 11.3 Å². The zero-order valence-electron chi connectivity index (χ0n) is 13.6. The number of hydrogen-bond acceptors (Lipinski definition) is 4. The minimum Gasteiger partial charge on any atom is -0.366 e. The average Bonchev–Trinajstić information content (AvgIpc) is 2.59. The maximum Gasteiger partial charge on any atom is 0.251 e. The summed E-state index contributed by atoms with van der Waals surface area (Å²) in [7, 11) is 0. The van der Waals surface area contributed by atoms with Gasteiger partial charge < -0.3 is 16.4 Å². The third-order valence-corrected chi connectivity index (χ3v) is 4.90. The van der Waals surface area contributed by atoms with E-state index in [0.717, 1.165) is 11.8 Å². The van der Waals surface area contributed by atoms with Crippen LogP contribution in [0.1, 0.15) is 26.3 Å². The second-order valence-electron chi connectivity index (χ2n) is 5.63. The third-order valence-electron chi connectivity index (χ3n) is 3.77. The molecule has 0 bridgehead atoms. The number of benzene rings is 2. The monoisotopic (exact) mass is 395 g/mol. The zero-order valence-corrected chi connectivity index (χ0v) is 14.4. The van der Waals surface area contributed by atoms with E-state index < -0.39 is 41.4 Å². The Morgan fingerprint density at radius 2 is 1.81 bits per heavy atom. The number of fused-ring (bicyclic) bond motifs is 1. The lowest BCUT2D eigenvalue weighted by atomic mass is 10.1. The van der Waals surface area contributed by atoms with E-state index in [1.165, 1.54) is 12.1 Å². The first-order chi connectivity index (χ1) is 12.8. The van der Waals surface area contributed by atoms with Crippen LogP contribution in [0.3, 0.4) is 0 Å². The Bertz CT molecular complexity index is 958. The Kier molecular flexibility index (Phi) is 5.08. The fraction of sp³-hybridized carbons (Fsp3) is 0.118. The van der Waals surface area contributed by atoms with E-state index in [-0.39, 0.29) is 28.5 Å². The van der Waals surface area contributed by atoms with Crippen molar-refractivity contribution in [2.75, 3.05) is 11.1 Å². The fourth-order valence-corrected chi connectivity index (χ4v) is 3.46. The quantitative estimate of drug-likeness (QED) is 0.739. The highest BCUT2D eigenvalue weighted by molar-refractivity contribution is 8.00. The maximum absolute atomic E-state index is 13.7. The largest absolute Gasteiger partial charge is 0.366 e. The smallest absolute Gasteiger partial charge is 0.251 e. The van der Waals surface area contributed by atoms with Crippen molar-refractivity contribution in [3.8, 4) is 0 Å². The van der Waals surface area contributed by atoms with Crippen molar-refractivity contribution in [2.24, 2.45) is 5.73 Å². The van der Waals surface area contributed by atoms with Gasteiger partial charge in [0.2, 0.25) is 11.8 Å². The molecule has 0 aromatic heterocycles. The normalized spacial score (nSPS) is 12.9. The molecule has 0 unspecified atom stereocenters. The molecule has 27 heavy (non-hydrogen) atoms. The molecular weight excluding hydrogens is 383 g/mol. The van der Waals surface area contributed by atoms with Gasteiger partial charge in [-0.15, -0.1) is 11.8 Å². The van der Waals surface area contributed by atoms with Crippen molar-refractivity contribution < 1.29 is 27.6 Å². The second kappa shape index (κ2) is 7.31. The Morgan fingerprint density at radius 1 is 1.15 bits per heavy atom. The van der Waals surface area contributed by atoms with E-state index in [9.17, 15) is 27.6 Å². The van der Waals surface area contributed by atoms with Crippen LogP contribution in [0.5, 0.6) is 0 Å². The molecule has 6 nitrogen and oxygen atoms in total. The molecule has 10 heteroatoms. The predicted molar refractivity (Wildman–Crippen MR) is 91.8 cm³/mol. The van der Waals surface area contributed by atoms with Gasteiger partial charge in [-0.3, -0.25) is 14.4 Å². The maximum atomic E-state index is 13.7. The first-order valence-electron chi connectivity index (χ1n) is 7.58. The lowest BCUT2D eigenvalue weighted by Gasteiger charge is -2.19. The number of primary amides is 1. The van der Waals surface area contributed by atoms with Gasteiger partial charge in [0.1, 0.15) is 17.5 Å². The summed E-state index contributed by atoms with van der Waals surface area (Å²) in [6.07, 6.45) is 0. The molecule has 1 heterocycles. The van der Waals surface area contributed by atoms with Crippen LogP contribution in [0.2, 0.25) is 0 Å². The van der Waals surface area contributed by atoms with Crippen molar-refractivity contribution >= 4 is 35.2 Å². The number of hydrogen-bond donors (Lipinski definition) is 3. The highest BCUT2D eigenvalue weighted by Gasteiger charge is 2.24. The number of amides is 3. The molecule has 0 radical (unpaired) electrons. The minimum absolute atomic E-state index is 0.0340. The molecule has 3 rings (SSSR count). The van der Waals surface area contributed by atoms with Crippen molar-refractivity contribution in [2.45, 2.75) is 11.4 Å². The van der Waals surface area contributed by atoms with E-state index in [2.05, 4.69) is 10.6 Å². The SMILES string of the molecule is NC(=O)c1cc(C(=O)NCc2c(F)cc(F)cc2F)cc2c1SCC(=O)N2. The molecule has 0 fully saturated rings. The molecule has 0 atom stereocenters. The van der Waals surface area contributed by atoms with E-state index in [0.29, 0.717) is 17.0 Å². The number of nitrogens with one attached hydrogen (secondary N) is 2. The van der Waals surface area contributed by atoms with Crippen molar-refractivity contribution in [1.82, 2.24) is 5.32 Å². The molecule has 0 saturated carbocycles. The second-order valence-corrected chi connectivity index (χ2v) is 6.62. The first kappa shape index (κ1) is 18.8. The van der Waals surface area contributed by atoms with Crippen molar-refractivity contribution in [1.29, 1.82) is 0 Å². The standard InChI is InChI=1S/C17H12F3N3O3S/c18-8-3-11(19)10(12(20)4-8)5-22-17(26)7-1-9(16(21)25)15-13(2-7)23-14(24)6-27-15/h1-4H,5-6H2,(H2,21,25)(H,22,26)(H,23,24). The summed E-state index contributed by atoms with van der Waals surface area (Å²) in [5, 5.41) is 4.83. The number of carbonyl (C=O) groups excluding carboxylic acids is 3. The van der Waals surface area contributed by atoms with Crippen LogP contribution in [0, 0.1) is 17.5 Å². The number of anilines is 1. The molecule has 2 aromatic rings. The molecule has 140 valence electrons. The molecule has 0 saturated heterocycles. The third kappa shape index (κ3) is 3.90. The van der Waals surface area contributed by atoms with Crippen molar-refractivity contribution in [3.05, 3.63) is 58.4 Å². The van der Waals surface area contributed by atoms with E-state index in [1.54, 1.807) is 0 Å². The Balaban J connectivity index is 1.87. The van der Waals surface area contributed by atoms with E-state index in [4.69, 9.17) is 5.73 Å². The highest BCUT2D eigenvalue weighted by Crippen LogP contribution is 2.35.